The van der Waals surface area contributed by atoms with Crippen LogP contribution in [-0.2, 0) is 22.6 Å². The van der Waals surface area contributed by atoms with Crippen molar-refractivity contribution in [2.45, 2.75) is 25.9 Å². The van der Waals surface area contributed by atoms with Crippen molar-refractivity contribution < 1.29 is 14.3 Å². The molecule has 0 aromatic heterocycles. The van der Waals surface area contributed by atoms with E-state index in [-0.39, 0.29) is 6.61 Å². The summed E-state index contributed by atoms with van der Waals surface area (Å²) < 4.78 is 10.4. The standard InChI is InChI=1S/C18H19O3/c19-15-20-14-17-11-4-5-12-18(17)21-13-7-6-10-16-8-2-1-3-9-16/h1-5,8-9,11-12H,6-7,10,13-14H2. The lowest BCUT2D eigenvalue weighted by Gasteiger charge is -2.10. The van der Waals surface area contributed by atoms with E-state index in [0.29, 0.717) is 6.61 Å². The van der Waals surface area contributed by atoms with E-state index in [1.165, 1.54) is 12.0 Å². The van der Waals surface area contributed by atoms with Gasteiger partial charge < -0.3 is 9.47 Å². The number of rotatable bonds is 9. The molecule has 109 valence electrons. The van der Waals surface area contributed by atoms with Gasteiger partial charge in [-0.3, -0.25) is 0 Å². The van der Waals surface area contributed by atoms with E-state index in [1.807, 2.05) is 30.3 Å². The number of hydrogen-bond acceptors (Lipinski definition) is 3. The molecule has 2 rings (SSSR count). The van der Waals surface area contributed by atoms with Crippen LogP contribution in [0.4, 0.5) is 0 Å². The van der Waals surface area contributed by atoms with Gasteiger partial charge in [-0.2, -0.15) is 0 Å². The first-order valence-corrected chi connectivity index (χ1v) is 7.13. The molecule has 21 heavy (non-hydrogen) atoms. The minimum atomic E-state index is 0.198. The maximum absolute atomic E-state index is 10.1. The highest BCUT2D eigenvalue weighted by molar-refractivity contribution is 5.40. The van der Waals surface area contributed by atoms with E-state index >= 15 is 0 Å². The molecule has 0 N–H and O–H groups in total. The maximum atomic E-state index is 10.1. The van der Waals surface area contributed by atoms with E-state index < -0.39 is 0 Å². The molecule has 2 aromatic rings. The Morgan fingerprint density at radius 1 is 0.905 bits per heavy atom. The second-order valence-corrected chi connectivity index (χ2v) is 4.77. The summed E-state index contributed by atoms with van der Waals surface area (Å²) in [4.78, 5) is 10.1. The molecule has 0 aliphatic heterocycles. The van der Waals surface area contributed by atoms with Crippen molar-refractivity contribution in [1.29, 1.82) is 0 Å². The molecule has 0 atom stereocenters. The van der Waals surface area contributed by atoms with Crippen LogP contribution in [0, 0.1) is 0 Å². The Morgan fingerprint density at radius 2 is 1.67 bits per heavy atom. The predicted octanol–water partition coefficient (Wildman–Crippen LogP) is 3.67. The van der Waals surface area contributed by atoms with Crippen LogP contribution in [0.1, 0.15) is 24.0 Å². The molecule has 0 saturated heterocycles. The van der Waals surface area contributed by atoms with E-state index in [1.54, 1.807) is 0 Å². The van der Waals surface area contributed by atoms with Gasteiger partial charge in [-0.05, 0) is 30.9 Å². The molecule has 0 bridgehead atoms. The summed E-state index contributed by atoms with van der Waals surface area (Å²) in [7, 11) is 0. The first-order chi connectivity index (χ1) is 10.4. The third-order valence-electron chi connectivity index (χ3n) is 3.22. The molecule has 0 amide bonds. The van der Waals surface area contributed by atoms with Gasteiger partial charge >= 0.3 is 6.47 Å². The smallest absolute Gasteiger partial charge is 0.417 e. The zero-order valence-electron chi connectivity index (χ0n) is 12.0. The van der Waals surface area contributed by atoms with Gasteiger partial charge in [0.2, 0.25) is 0 Å². The Labute approximate surface area is 125 Å². The van der Waals surface area contributed by atoms with Gasteiger partial charge in [-0.1, -0.05) is 48.5 Å². The number of para-hydroxylation sites is 1. The third-order valence-corrected chi connectivity index (χ3v) is 3.22. The first-order valence-electron chi connectivity index (χ1n) is 7.13. The van der Waals surface area contributed by atoms with Crippen molar-refractivity contribution in [3.05, 3.63) is 65.7 Å². The Bertz CT molecular complexity index is 537. The lowest BCUT2D eigenvalue weighted by atomic mass is 10.1. The molecular weight excluding hydrogens is 264 g/mol. The predicted molar refractivity (Wildman–Crippen MR) is 81.8 cm³/mol. The normalized spacial score (nSPS) is 10.1. The fraction of sp³-hybridized carbons (Fsp3) is 0.278. The fourth-order valence-electron chi connectivity index (χ4n) is 2.13. The molecule has 3 nitrogen and oxygen atoms in total. The zero-order valence-corrected chi connectivity index (χ0v) is 12.0. The Hall–Kier alpha value is -2.29. The van der Waals surface area contributed by atoms with Gasteiger partial charge in [0.05, 0.1) is 6.61 Å². The number of aryl methyl sites for hydroxylation is 1. The lowest BCUT2D eigenvalue weighted by Crippen LogP contribution is -2.02. The number of carbonyl (C=O) groups excluding carboxylic acids is 1. The van der Waals surface area contributed by atoms with Gasteiger partial charge in [0.15, 0.2) is 0 Å². The minimum absolute atomic E-state index is 0.198. The quantitative estimate of drug-likeness (QED) is 0.659. The molecule has 0 unspecified atom stereocenters. The van der Waals surface area contributed by atoms with Crippen LogP contribution < -0.4 is 4.74 Å². The minimum Gasteiger partial charge on any atom is -0.493 e. The van der Waals surface area contributed by atoms with Crippen LogP contribution in [0.2, 0.25) is 0 Å². The zero-order chi connectivity index (χ0) is 14.8. The number of unbranched alkanes of at least 4 members (excludes halogenated alkanes) is 1. The van der Waals surface area contributed by atoms with Crippen LogP contribution in [0.15, 0.2) is 54.6 Å². The molecule has 0 spiro atoms. The summed E-state index contributed by atoms with van der Waals surface area (Å²) in [5.74, 6) is 0.771. The van der Waals surface area contributed by atoms with E-state index in [4.69, 9.17) is 4.74 Å². The van der Waals surface area contributed by atoms with Gasteiger partial charge in [0.25, 0.3) is 0 Å². The molecule has 3 heteroatoms. The Balaban J connectivity index is 1.72. The largest absolute Gasteiger partial charge is 0.493 e. The summed E-state index contributed by atoms with van der Waals surface area (Å²) in [5.41, 5.74) is 2.22. The molecule has 2 aromatic carbocycles. The number of ether oxygens (including phenoxy) is 2. The molecular formula is C18H19O3. The van der Waals surface area contributed by atoms with E-state index in [0.717, 1.165) is 30.6 Å². The summed E-state index contributed by atoms with van der Waals surface area (Å²) >= 11 is 0. The summed E-state index contributed by atoms with van der Waals surface area (Å²) in [5, 5.41) is 0. The van der Waals surface area contributed by atoms with Gasteiger partial charge in [0, 0.05) is 5.56 Å². The van der Waals surface area contributed by atoms with Gasteiger partial charge in [-0.25, -0.2) is 4.79 Å². The highest BCUT2D eigenvalue weighted by Crippen LogP contribution is 2.19. The fourth-order valence-corrected chi connectivity index (χ4v) is 2.13. The van der Waals surface area contributed by atoms with Gasteiger partial charge in [-0.15, -0.1) is 0 Å². The molecule has 0 heterocycles. The second kappa shape index (κ2) is 8.80. The van der Waals surface area contributed by atoms with Gasteiger partial charge in [0.1, 0.15) is 12.4 Å². The Kier molecular flexibility index (Phi) is 6.33. The average Bonchev–Trinajstić information content (AvgIpc) is 2.54. The summed E-state index contributed by atoms with van der Waals surface area (Å²) in [6.07, 6.45) is 3.14. The highest BCUT2D eigenvalue weighted by Gasteiger charge is 2.03. The highest BCUT2D eigenvalue weighted by atomic mass is 16.5. The number of hydrogen-bond donors (Lipinski definition) is 0. The van der Waals surface area contributed by atoms with Crippen LogP contribution in [-0.4, -0.2) is 13.1 Å². The maximum Gasteiger partial charge on any atom is 0.417 e. The molecule has 0 aliphatic carbocycles. The van der Waals surface area contributed by atoms with Crippen LogP contribution in [0.25, 0.3) is 0 Å². The average molecular weight is 283 g/mol. The Morgan fingerprint density at radius 3 is 2.48 bits per heavy atom. The van der Waals surface area contributed by atoms with Crippen molar-refractivity contribution in [3.8, 4) is 5.75 Å². The van der Waals surface area contributed by atoms with Crippen molar-refractivity contribution in [3.63, 3.8) is 0 Å². The van der Waals surface area contributed by atoms with Crippen molar-refractivity contribution in [2.24, 2.45) is 0 Å². The van der Waals surface area contributed by atoms with Crippen LogP contribution in [0.5, 0.6) is 5.75 Å². The summed E-state index contributed by atoms with van der Waals surface area (Å²) in [6, 6.07) is 18.0. The second-order valence-electron chi connectivity index (χ2n) is 4.77. The van der Waals surface area contributed by atoms with Crippen molar-refractivity contribution in [1.82, 2.24) is 0 Å². The lowest BCUT2D eigenvalue weighted by molar-refractivity contribution is 0.252. The number of benzene rings is 2. The third kappa shape index (κ3) is 5.30. The van der Waals surface area contributed by atoms with Crippen LogP contribution in [0.3, 0.4) is 0 Å². The monoisotopic (exact) mass is 283 g/mol. The SMILES string of the molecule is O=[C]OCc1ccccc1OCCCCc1ccccc1. The summed E-state index contributed by atoms with van der Waals surface area (Å²) in [6.45, 7) is 2.29. The molecule has 1 radical (unpaired) electrons. The van der Waals surface area contributed by atoms with E-state index in [2.05, 4.69) is 29.0 Å². The van der Waals surface area contributed by atoms with Crippen molar-refractivity contribution >= 4 is 6.47 Å². The van der Waals surface area contributed by atoms with E-state index in [9.17, 15) is 4.79 Å². The van der Waals surface area contributed by atoms with Crippen LogP contribution >= 0.6 is 0 Å². The molecule has 0 fully saturated rings. The first kappa shape index (κ1) is 15.1. The topological polar surface area (TPSA) is 35.5 Å². The molecule has 0 aliphatic rings. The van der Waals surface area contributed by atoms with Crippen molar-refractivity contribution in [2.75, 3.05) is 6.61 Å². The molecule has 0 saturated carbocycles.